The topological polar surface area (TPSA) is 37.4 Å². The fourth-order valence-corrected chi connectivity index (χ4v) is 2.39. The number of terminal acetylenes is 1. The first-order valence-corrected chi connectivity index (χ1v) is 6.99. The standard InChI is InChI=1S/C10H10INO2S/c1-4-8-5-6-9(11)10(7-8)12(2)15(3,13)14/h1,5-7H,2-3H3. The monoisotopic (exact) mass is 335 g/mol. The Morgan fingerprint density at radius 1 is 1.47 bits per heavy atom. The first-order valence-electron chi connectivity index (χ1n) is 4.06. The van der Waals surface area contributed by atoms with Crippen LogP contribution < -0.4 is 4.31 Å². The van der Waals surface area contributed by atoms with Gasteiger partial charge in [-0.25, -0.2) is 8.42 Å². The van der Waals surface area contributed by atoms with Crippen molar-refractivity contribution in [3.63, 3.8) is 0 Å². The van der Waals surface area contributed by atoms with E-state index in [2.05, 4.69) is 28.5 Å². The number of hydrogen-bond donors (Lipinski definition) is 0. The minimum Gasteiger partial charge on any atom is -0.272 e. The third kappa shape index (κ3) is 2.86. The average molecular weight is 335 g/mol. The van der Waals surface area contributed by atoms with Crippen molar-refractivity contribution in [2.75, 3.05) is 17.6 Å². The van der Waals surface area contributed by atoms with Crippen molar-refractivity contribution in [1.82, 2.24) is 0 Å². The molecule has 0 aliphatic carbocycles. The molecule has 0 heterocycles. The van der Waals surface area contributed by atoms with Gasteiger partial charge in [-0.05, 0) is 40.8 Å². The molecule has 0 aliphatic rings. The molecule has 0 spiro atoms. The minimum absolute atomic E-state index is 0.605. The normalized spacial score (nSPS) is 10.8. The van der Waals surface area contributed by atoms with Gasteiger partial charge in [-0.3, -0.25) is 4.31 Å². The van der Waals surface area contributed by atoms with E-state index in [1.54, 1.807) is 18.2 Å². The minimum atomic E-state index is -3.24. The summed E-state index contributed by atoms with van der Waals surface area (Å²) in [6.45, 7) is 0. The zero-order valence-electron chi connectivity index (χ0n) is 8.36. The molecule has 0 amide bonds. The number of hydrogen-bond acceptors (Lipinski definition) is 2. The summed E-state index contributed by atoms with van der Waals surface area (Å²) in [5.74, 6) is 2.48. The van der Waals surface area contributed by atoms with Gasteiger partial charge in [0, 0.05) is 16.2 Å². The zero-order chi connectivity index (χ0) is 11.6. The molecule has 0 aromatic heterocycles. The molecule has 15 heavy (non-hydrogen) atoms. The largest absolute Gasteiger partial charge is 0.272 e. The average Bonchev–Trinajstić information content (AvgIpc) is 2.16. The van der Waals surface area contributed by atoms with Crippen molar-refractivity contribution in [2.45, 2.75) is 0 Å². The van der Waals surface area contributed by atoms with E-state index in [0.717, 1.165) is 9.83 Å². The van der Waals surface area contributed by atoms with Crippen molar-refractivity contribution in [3.8, 4) is 12.3 Å². The van der Waals surface area contributed by atoms with Crippen LogP contribution >= 0.6 is 22.6 Å². The molecule has 0 aliphatic heterocycles. The maximum Gasteiger partial charge on any atom is 0.232 e. The van der Waals surface area contributed by atoms with Crippen LogP contribution in [-0.4, -0.2) is 21.7 Å². The third-order valence-corrected chi connectivity index (χ3v) is 4.05. The highest BCUT2D eigenvalue weighted by atomic mass is 127. The summed E-state index contributed by atoms with van der Waals surface area (Å²) >= 11 is 2.07. The third-order valence-electron chi connectivity index (χ3n) is 1.95. The molecular weight excluding hydrogens is 325 g/mol. The highest BCUT2D eigenvalue weighted by molar-refractivity contribution is 14.1. The van der Waals surface area contributed by atoms with Crippen molar-refractivity contribution < 1.29 is 8.42 Å². The Hall–Kier alpha value is -0.740. The Kier molecular flexibility index (Phi) is 3.62. The van der Waals surface area contributed by atoms with Crippen LogP contribution in [0.5, 0.6) is 0 Å². The maximum atomic E-state index is 11.4. The smallest absolute Gasteiger partial charge is 0.232 e. The van der Waals surface area contributed by atoms with Gasteiger partial charge in [-0.15, -0.1) is 6.42 Å². The summed E-state index contributed by atoms with van der Waals surface area (Å²) in [6.07, 6.45) is 6.42. The van der Waals surface area contributed by atoms with Crippen LogP contribution in [0.15, 0.2) is 18.2 Å². The number of halogens is 1. The highest BCUT2D eigenvalue weighted by Gasteiger charge is 2.14. The summed E-state index contributed by atoms with van der Waals surface area (Å²) in [5, 5.41) is 0. The molecule has 1 rings (SSSR count). The summed E-state index contributed by atoms with van der Waals surface area (Å²) in [7, 11) is -1.74. The molecule has 80 valence electrons. The summed E-state index contributed by atoms with van der Waals surface area (Å²) in [4.78, 5) is 0. The molecule has 0 N–H and O–H groups in total. The van der Waals surface area contributed by atoms with Crippen molar-refractivity contribution >= 4 is 38.3 Å². The fraction of sp³-hybridized carbons (Fsp3) is 0.200. The first kappa shape index (κ1) is 12.3. The van der Waals surface area contributed by atoms with E-state index in [0.29, 0.717) is 11.3 Å². The molecule has 1 aromatic carbocycles. The Bertz CT molecular complexity index is 517. The molecule has 0 atom stereocenters. The molecule has 5 heteroatoms. The molecule has 0 fully saturated rings. The number of sulfonamides is 1. The summed E-state index contributed by atoms with van der Waals surface area (Å²) in [5.41, 5.74) is 1.27. The number of nitrogens with zero attached hydrogens (tertiary/aromatic N) is 1. The molecule has 0 bridgehead atoms. The van der Waals surface area contributed by atoms with Crippen LogP contribution in [0, 0.1) is 15.9 Å². The van der Waals surface area contributed by atoms with Gasteiger partial charge in [0.1, 0.15) is 0 Å². The van der Waals surface area contributed by atoms with Gasteiger partial charge in [-0.1, -0.05) is 5.92 Å². The lowest BCUT2D eigenvalue weighted by Gasteiger charge is -2.18. The van der Waals surface area contributed by atoms with Crippen LogP contribution in [0.4, 0.5) is 5.69 Å². The molecule has 0 radical (unpaired) electrons. The van der Waals surface area contributed by atoms with E-state index in [4.69, 9.17) is 6.42 Å². The number of rotatable bonds is 2. The van der Waals surface area contributed by atoms with Gasteiger partial charge in [-0.2, -0.15) is 0 Å². The molecule has 0 unspecified atom stereocenters. The SMILES string of the molecule is C#Cc1ccc(I)c(N(C)S(C)(=O)=O)c1. The lowest BCUT2D eigenvalue weighted by atomic mass is 10.2. The fourth-order valence-electron chi connectivity index (χ4n) is 1.02. The van der Waals surface area contributed by atoms with Crippen molar-refractivity contribution in [2.24, 2.45) is 0 Å². The Morgan fingerprint density at radius 2 is 2.07 bits per heavy atom. The molecular formula is C10H10INO2S. The van der Waals surface area contributed by atoms with E-state index >= 15 is 0 Å². The number of benzene rings is 1. The Morgan fingerprint density at radius 3 is 2.53 bits per heavy atom. The van der Waals surface area contributed by atoms with Gasteiger partial charge in [0.2, 0.25) is 10.0 Å². The predicted octanol–water partition coefficient (Wildman–Crippen LogP) is 1.67. The van der Waals surface area contributed by atoms with Crippen LogP contribution in [-0.2, 0) is 10.0 Å². The van der Waals surface area contributed by atoms with E-state index in [1.807, 2.05) is 0 Å². The van der Waals surface area contributed by atoms with Crippen LogP contribution in [0.3, 0.4) is 0 Å². The summed E-state index contributed by atoms with van der Waals surface area (Å²) in [6, 6.07) is 5.26. The lowest BCUT2D eigenvalue weighted by molar-refractivity contribution is 0.600. The van der Waals surface area contributed by atoms with E-state index in [1.165, 1.54) is 11.4 Å². The molecule has 3 nitrogen and oxygen atoms in total. The van der Waals surface area contributed by atoms with Gasteiger partial charge in [0.25, 0.3) is 0 Å². The van der Waals surface area contributed by atoms with E-state index in [-0.39, 0.29) is 0 Å². The maximum absolute atomic E-state index is 11.4. The van der Waals surface area contributed by atoms with Gasteiger partial charge >= 0.3 is 0 Å². The molecule has 0 saturated carbocycles. The van der Waals surface area contributed by atoms with Crippen molar-refractivity contribution in [1.29, 1.82) is 0 Å². The zero-order valence-corrected chi connectivity index (χ0v) is 11.3. The van der Waals surface area contributed by atoms with Gasteiger partial charge in [0.15, 0.2) is 0 Å². The van der Waals surface area contributed by atoms with Crippen LogP contribution in [0.1, 0.15) is 5.56 Å². The Labute approximate surface area is 104 Å². The first-order chi connectivity index (χ1) is 6.86. The molecule has 0 saturated heterocycles. The van der Waals surface area contributed by atoms with E-state index < -0.39 is 10.0 Å². The number of anilines is 1. The van der Waals surface area contributed by atoms with Crippen molar-refractivity contribution in [3.05, 3.63) is 27.3 Å². The second-order valence-electron chi connectivity index (χ2n) is 3.04. The Balaban J connectivity index is 3.32. The second kappa shape index (κ2) is 4.41. The summed E-state index contributed by atoms with van der Waals surface area (Å²) < 4.78 is 24.8. The highest BCUT2D eigenvalue weighted by Crippen LogP contribution is 2.24. The second-order valence-corrected chi connectivity index (χ2v) is 6.22. The van der Waals surface area contributed by atoms with Gasteiger partial charge in [0.05, 0.1) is 11.9 Å². The predicted molar refractivity (Wildman–Crippen MR) is 70.3 cm³/mol. The molecule has 1 aromatic rings. The quantitative estimate of drug-likeness (QED) is 0.609. The van der Waals surface area contributed by atoms with Gasteiger partial charge < -0.3 is 0 Å². The van der Waals surface area contributed by atoms with Crippen LogP contribution in [0.2, 0.25) is 0 Å². The van der Waals surface area contributed by atoms with Crippen LogP contribution in [0.25, 0.3) is 0 Å². The van der Waals surface area contributed by atoms with E-state index in [9.17, 15) is 8.42 Å². The lowest BCUT2D eigenvalue weighted by Crippen LogP contribution is -2.25.